The second-order valence-electron chi connectivity index (χ2n) is 10.3. The number of esters is 2. The van der Waals surface area contributed by atoms with Gasteiger partial charge in [-0.1, -0.05) is 36.4 Å². The number of nitrogens with one attached hydrogen (secondary N) is 1. The first kappa shape index (κ1) is 29.1. The van der Waals surface area contributed by atoms with Gasteiger partial charge in [0.15, 0.2) is 11.5 Å². The molecule has 0 bridgehead atoms. The third-order valence-electron chi connectivity index (χ3n) is 5.38. The molecule has 1 N–H and O–H groups in total. The van der Waals surface area contributed by atoms with Gasteiger partial charge >= 0.3 is 23.7 Å². The molecule has 0 aromatic heterocycles. The molecule has 0 aliphatic carbocycles. The van der Waals surface area contributed by atoms with Gasteiger partial charge in [0.05, 0.1) is 11.0 Å². The highest BCUT2D eigenvalue weighted by Crippen LogP contribution is 2.30. The van der Waals surface area contributed by atoms with E-state index < -0.39 is 52.1 Å². The van der Waals surface area contributed by atoms with Crippen LogP contribution in [0.4, 0.5) is 10.5 Å². The number of ketones is 1. The summed E-state index contributed by atoms with van der Waals surface area (Å²) in [6, 6.07) is 11.6. The summed E-state index contributed by atoms with van der Waals surface area (Å²) in [5.74, 6) is -6.80. The molecule has 1 fully saturated rings. The van der Waals surface area contributed by atoms with Crippen LogP contribution >= 0.6 is 0 Å². The van der Waals surface area contributed by atoms with E-state index in [-0.39, 0.29) is 30.0 Å². The predicted molar refractivity (Wildman–Crippen MR) is 135 cm³/mol. The van der Waals surface area contributed by atoms with Crippen LogP contribution in [0.5, 0.6) is 5.75 Å². The Labute approximate surface area is 224 Å². The largest absolute Gasteiger partial charge is 0.482 e. The van der Waals surface area contributed by atoms with E-state index in [0.29, 0.717) is 0 Å². The number of nitro groups is 1. The molecular formula is C27H30N2O10. The Morgan fingerprint density at radius 2 is 1.67 bits per heavy atom. The third kappa shape index (κ3) is 8.00. The van der Waals surface area contributed by atoms with Crippen LogP contribution in [0, 0.1) is 16.0 Å². The van der Waals surface area contributed by atoms with Crippen LogP contribution in [-0.4, -0.2) is 46.2 Å². The second kappa shape index (κ2) is 11.5. The first-order valence-electron chi connectivity index (χ1n) is 12.1. The summed E-state index contributed by atoms with van der Waals surface area (Å²) >= 11 is 0. The number of nitrogens with zero attached hydrogens (tertiary/aromatic N) is 1. The second-order valence-corrected chi connectivity index (χ2v) is 10.3. The molecule has 208 valence electrons. The van der Waals surface area contributed by atoms with E-state index in [1.54, 1.807) is 32.9 Å². The van der Waals surface area contributed by atoms with Crippen molar-refractivity contribution in [2.24, 2.45) is 5.92 Å². The first-order chi connectivity index (χ1) is 18.1. The fraction of sp³-hybridized carbons (Fsp3) is 0.407. The molecule has 2 aromatic carbocycles. The van der Waals surface area contributed by atoms with Crippen molar-refractivity contribution in [1.29, 1.82) is 0 Å². The van der Waals surface area contributed by atoms with E-state index in [1.165, 1.54) is 32.0 Å². The molecule has 1 heterocycles. The number of amides is 1. The molecule has 0 radical (unpaired) electrons. The topological polar surface area (TPSA) is 160 Å². The van der Waals surface area contributed by atoms with E-state index in [4.69, 9.17) is 18.9 Å². The third-order valence-corrected chi connectivity index (χ3v) is 5.38. The maximum Gasteiger partial charge on any atom is 0.408 e. The average Bonchev–Trinajstić information content (AvgIpc) is 2.80. The molecule has 1 amide bonds. The van der Waals surface area contributed by atoms with Crippen LogP contribution in [0.1, 0.15) is 45.7 Å². The highest BCUT2D eigenvalue weighted by atomic mass is 16.7. The molecule has 0 saturated carbocycles. The molecule has 1 aliphatic rings. The van der Waals surface area contributed by atoms with Crippen molar-refractivity contribution in [2.75, 3.05) is 0 Å². The maximum atomic E-state index is 13.4. The summed E-state index contributed by atoms with van der Waals surface area (Å²) in [7, 11) is 0. The van der Waals surface area contributed by atoms with Gasteiger partial charge in [-0.05, 0) is 38.0 Å². The number of ether oxygens (including phenoxy) is 4. The zero-order valence-corrected chi connectivity index (χ0v) is 22.2. The minimum absolute atomic E-state index is 0.00255. The Morgan fingerprint density at radius 1 is 1.05 bits per heavy atom. The van der Waals surface area contributed by atoms with Crippen molar-refractivity contribution in [2.45, 2.75) is 65.1 Å². The van der Waals surface area contributed by atoms with Gasteiger partial charge in [0.1, 0.15) is 12.2 Å². The van der Waals surface area contributed by atoms with Gasteiger partial charge in [0.2, 0.25) is 5.92 Å². The number of rotatable bonds is 9. The predicted octanol–water partition coefficient (Wildman–Crippen LogP) is 3.63. The van der Waals surface area contributed by atoms with Crippen molar-refractivity contribution in [3.05, 3.63) is 69.8 Å². The number of carbonyl (C=O) groups is 4. The molecule has 0 spiro atoms. The maximum absolute atomic E-state index is 13.4. The molecule has 39 heavy (non-hydrogen) atoms. The van der Waals surface area contributed by atoms with Crippen molar-refractivity contribution in [3.8, 4) is 5.75 Å². The van der Waals surface area contributed by atoms with Crippen LogP contribution in [0.15, 0.2) is 48.5 Å². The molecule has 1 atom stereocenters. The Balaban J connectivity index is 1.87. The van der Waals surface area contributed by atoms with E-state index >= 15 is 0 Å². The lowest BCUT2D eigenvalue weighted by atomic mass is 9.92. The van der Waals surface area contributed by atoms with Gasteiger partial charge in [0, 0.05) is 26.3 Å². The van der Waals surface area contributed by atoms with Gasteiger partial charge in [-0.25, -0.2) is 4.79 Å². The summed E-state index contributed by atoms with van der Waals surface area (Å²) in [6.45, 7) is 7.59. The number of nitro benzene ring substituents is 1. The van der Waals surface area contributed by atoms with Crippen LogP contribution in [0.2, 0.25) is 0 Å². The zero-order valence-electron chi connectivity index (χ0n) is 22.2. The number of carbonyl (C=O) groups excluding carboxylic acids is 4. The van der Waals surface area contributed by atoms with Gasteiger partial charge < -0.3 is 24.3 Å². The lowest BCUT2D eigenvalue weighted by molar-refractivity contribution is -0.386. The number of alkyl carbamates (subject to hydrolysis) is 1. The Kier molecular flexibility index (Phi) is 8.58. The fourth-order valence-electron chi connectivity index (χ4n) is 3.75. The summed E-state index contributed by atoms with van der Waals surface area (Å²) in [6.07, 6.45) is -1.30. The monoisotopic (exact) mass is 542 g/mol. The van der Waals surface area contributed by atoms with E-state index in [9.17, 15) is 29.3 Å². The van der Waals surface area contributed by atoms with Crippen LogP contribution in [0.25, 0.3) is 0 Å². The van der Waals surface area contributed by atoms with Crippen molar-refractivity contribution < 1.29 is 43.0 Å². The molecule has 0 unspecified atom stereocenters. The van der Waals surface area contributed by atoms with Gasteiger partial charge in [0.25, 0.3) is 5.79 Å². The Morgan fingerprint density at radius 3 is 2.23 bits per heavy atom. The van der Waals surface area contributed by atoms with E-state index in [1.807, 2.05) is 18.2 Å². The minimum Gasteiger partial charge on any atom is -0.482 e. The molecule has 2 aromatic rings. The fourth-order valence-corrected chi connectivity index (χ4v) is 3.75. The van der Waals surface area contributed by atoms with Gasteiger partial charge in [-0.15, -0.1) is 0 Å². The summed E-state index contributed by atoms with van der Waals surface area (Å²) in [5.41, 5.74) is -0.232. The first-order valence-corrected chi connectivity index (χ1v) is 12.1. The Bertz CT molecular complexity index is 1250. The van der Waals surface area contributed by atoms with Crippen molar-refractivity contribution >= 4 is 29.5 Å². The zero-order chi connectivity index (χ0) is 29.0. The number of hydrogen-bond acceptors (Lipinski definition) is 10. The molecule has 1 aliphatic heterocycles. The van der Waals surface area contributed by atoms with Gasteiger partial charge in [-0.2, -0.15) is 0 Å². The van der Waals surface area contributed by atoms with Gasteiger partial charge in [-0.3, -0.25) is 24.5 Å². The standard InChI is InChI=1S/C27H30N2O10/c1-26(2,3)39-25(33)28-18(22(30)21-23(31)37-27(4,5)38-24(21)32)13-17-11-12-20(19(14-17)29(34)35)36-15-16-9-7-6-8-10-16/h6-12,14,18,21H,13,15H2,1-5H3,(H,28,33)/t18-/m0/s1. The smallest absolute Gasteiger partial charge is 0.408 e. The number of benzene rings is 2. The molecule has 1 saturated heterocycles. The Hall–Kier alpha value is -4.48. The normalized spacial score (nSPS) is 15.9. The van der Waals surface area contributed by atoms with Crippen LogP contribution in [0.3, 0.4) is 0 Å². The average molecular weight is 543 g/mol. The number of hydrogen-bond donors (Lipinski definition) is 1. The van der Waals surface area contributed by atoms with Crippen LogP contribution in [-0.2, 0) is 41.6 Å². The summed E-state index contributed by atoms with van der Waals surface area (Å²) in [4.78, 5) is 62.0. The van der Waals surface area contributed by atoms with Crippen molar-refractivity contribution in [3.63, 3.8) is 0 Å². The highest BCUT2D eigenvalue weighted by molar-refractivity contribution is 6.17. The van der Waals surface area contributed by atoms with Crippen molar-refractivity contribution in [1.82, 2.24) is 5.32 Å². The lowest BCUT2D eigenvalue weighted by Gasteiger charge is -2.33. The van der Waals surface area contributed by atoms with Crippen LogP contribution < -0.4 is 10.1 Å². The molecular weight excluding hydrogens is 512 g/mol. The van der Waals surface area contributed by atoms with E-state index in [0.717, 1.165) is 5.56 Å². The quantitative estimate of drug-likeness (QED) is 0.214. The molecule has 12 heteroatoms. The summed E-state index contributed by atoms with van der Waals surface area (Å²) in [5, 5.41) is 14.1. The summed E-state index contributed by atoms with van der Waals surface area (Å²) < 4.78 is 20.9. The SMILES string of the molecule is CC(C)(C)OC(=O)N[C@@H](Cc1ccc(OCc2ccccc2)c([N+](=O)[O-])c1)C(=O)C1C(=O)OC(C)(C)OC1=O. The van der Waals surface area contributed by atoms with E-state index in [2.05, 4.69) is 5.32 Å². The highest BCUT2D eigenvalue weighted by Gasteiger charge is 2.49. The lowest BCUT2D eigenvalue weighted by Crippen LogP contribution is -2.55. The number of Topliss-reactive ketones (excluding diaryl/α,β-unsaturated/α-hetero) is 1. The minimum atomic E-state index is -1.96. The molecule has 3 rings (SSSR count). The molecule has 12 nitrogen and oxygen atoms in total. The number of cyclic esters (lactones) is 2.